The summed E-state index contributed by atoms with van der Waals surface area (Å²) in [6, 6.07) is 3.67. The summed E-state index contributed by atoms with van der Waals surface area (Å²) in [4.78, 5) is 4.16. The zero-order valence-corrected chi connectivity index (χ0v) is 10.3. The summed E-state index contributed by atoms with van der Waals surface area (Å²) in [5, 5.41) is 7.01. The van der Waals surface area contributed by atoms with Gasteiger partial charge in [0, 0.05) is 6.07 Å². The quantitative estimate of drug-likeness (QED) is 0.904. The smallest absolute Gasteiger partial charge is 0.140 e. The zero-order chi connectivity index (χ0) is 11.5. The van der Waals surface area contributed by atoms with Gasteiger partial charge < -0.3 is 15.6 Å². The molecule has 0 aliphatic heterocycles. The fraction of sp³-hybridized carbons (Fsp3) is 0.200. The minimum Gasteiger partial charge on any atom is -0.397 e. The standard InChI is InChI=1S/C10H11BrN4O/c1-6-2-8(15-16-6)5-14-10-9(11)3-7(12)4-13-10/h2-4H,5,12H2,1H3,(H,13,14). The van der Waals surface area contributed by atoms with Crippen molar-refractivity contribution in [3.05, 3.63) is 34.3 Å². The molecule has 0 bridgehead atoms. The van der Waals surface area contributed by atoms with Crippen LogP contribution < -0.4 is 11.1 Å². The van der Waals surface area contributed by atoms with E-state index in [0.29, 0.717) is 12.2 Å². The molecule has 0 spiro atoms. The average molecular weight is 283 g/mol. The van der Waals surface area contributed by atoms with Gasteiger partial charge in [0.15, 0.2) is 0 Å². The molecule has 0 radical (unpaired) electrons. The molecule has 0 aliphatic carbocycles. The molecule has 2 rings (SSSR count). The minimum atomic E-state index is 0.562. The molecule has 6 heteroatoms. The van der Waals surface area contributed by atoms with E-state index in [1.54, 1.807) is 12.3 Å². The van der Waals surface area contributed by atoms with Crippen molar-refractivity contribution < 1.29 is 4.52 Å². The molecular weight excluding hydrogens is 272 g/mol. The molecule has 2 heterocycles. The first kappa shape index (κ1) is 10.9. The third kappa shape index (κ3) is 2.52. The van der Waals surface area contributed by atoms with Crippen LogP contribution in [-0.2, 0) is 6.54 Å². The maximum atomic E-state index is 5.59. The van der Waals surface area contributed by atoms with Crippen LogP contribution >= 0.6 is 15.9 Å². The van der Waals surface area contributed by atoms with Crippen LogP contribution in [0, 0.1) is 6.92 Å². The topological polar surface area (TPSA) is 77.0 Å². The van der Waals surface area contributed by atoms with Gasteiger partial charge in [-0.2, -0.15) is 0 Å². The van der Waals surface area contributed by atoms with Crippen molar-refractivity contribution in [3.8, 4) is 0 Å². The summed E-state index contributed by atoms with van der Waals surface area (Å²) >= 11 is 3.38. The minimum absolute atomic E-state index is 0.562. The number of pyridine rings is 1. The highest BCUT2D eigenvalue weighted by molar-refractivity contribution is 9.10. The molecule has 0 aromatic carbocycles. The van der Waals surface area contributed by atoms with Crippen molar-refractivity contribution >= 4 is 27.4 Å². The summed E-state index contributed by atoms with van der Waals surface area (Å²) < 4.78 is 5.79. The van der Waals surface area contributed by atoms with Gasteiger partial charge >= 0.3 is 0 Å². The lowest BCUT2D eigenvalue weighted by atomic mass is 10.3. The SMILES string of the molecule is Cc1cc(CNc2ncc(N)cc2Br)no1. The van der Waals surface area contributed by atoms with E-state index in [1.807, 2.05) is 13.0 Å². The van der Waals surface area contributed by atoms with Crippen molar-refractivity contribution in [2.75, 3.05) is 11.1 Å². The number of nitrogens with zero attached hydrogens (tertiary/aromatic N) is 2. The molecule has 16 heavy (non-hydrogen) atoms. The Morgan fingerprint density at radius 2 is 2.31 bits per heavy atom. The van der Waals surface area contributed by atoms with Gasteiger partial charge in [-0.05, 0) is 28.9 Å². The molecule has 0 aliphatic rings. The summed E-state index contributed by atoms with van der Waals surface area (Å²) in [5.74, 6) is 1.52. The first-order valence-corrected chi connectivity index (χ1v) is 5.51. The molecule has 0 atom stereocenters. The van der Waals surface area contributed by atoms with E-state index >= 15 is 0 Å². The zero-order valence-electron chi connectivity index (χ0n) is 8.70. The third-order valence-electron chi connectivity index (χ3n) is 1.98. The molecule has 0 saturated carbocycles. The van der Waals surface area contributed by atoms with E-state index in [0.717, 1.165) is 21.7 Å². The Morgan fingerprint density at radius 3 is 2.94 bits per heavy atom. The average Bonchev–Trinajstić information content (AvgIpc) is 2.63. The molecule has 2 aromatic heterocycles. The first-order chi connectivity index (χ1) is 7.65. The number of rotatable bonds is 3. The van der Waals surface area contributed by atoms with E-state index in [1.165, 1.54) is 0 Å². The number of nitrogen functional groups attached to an aromatic ring is 1. The lowest BCUT2D eigenvalue weighted by Gasteiger charge is -2.05. The van der Waals surface area contributed by atoms with Crippen LogP contribution in [0.3, 0.4) is 0 Å². The highest BCUT2D eigenvalue weighted by Gasteiger charge is 2.04. The second kappa shape index (κ2) is 4.52. The van der Waals surface area contributed by atoms with Crippen LogP contribution in [0.5, 0.6) is 0 Å². The monoisotopic (exact) mass is 282 g/mol. The largest absolute Gasteiger partial charge is 0.397 e. The van der Waals surface area contributed by atoms with Gasteiger partial charge in [0.1, 0.15) is 17.3 Å². The Labute approximate surface area is 101 Å². The van der Waals surface area contributed by atoms with Crippen LogP contribution in [0.2, 0.25) is 0 Å². The molecule has 0 unspecified atom stereocenters. The molecule has 5 nitrogen and oxygen atoms in total. The molecule has 2 aromatic rings. The van der Waals surface area contributed by atoms with E-state index in [4.69, 9.17) is 10.3 Å². The van der Waals surface area contributed by atoms with Gasteiger partial charge in [-0.3, -0.25) is 0 Å². The fourth-order valence-electron chi connectivity index (χ4n) is 1.26. The summed E-state index contributed by atoms with van der Waals surface area (Å²) in [6.45, 7) is 2.42. The fourth-order valence-corrected chi connectivity index (χ4v) is 1.77. The number of nitrogens with one attached hydrogen (secondary N) is 1. The number of nitrogens with two attached hydrogens (primary N) is 1. The molecular formula is C10H11BrN4O. The number of hydrogen-bond acceptors (Lipinski definition) is 5. The Balaban J connectivity index is 2.04. The summed E-state index contributed by atoms with van der Waals surface area (Å²) in [5.41, 5.74) is 7.05. The highest BCUT2D eigenvalue weighted by atomic mass is 79.9. The molecule has 0 amide bonds. The number of anilines is 2. The van der Waals surface area contributed by atoms with E-state index < -0.39 is 0 Å². The predicted molar refractivity (Wildman–Crippen MR) is 64.9 cm³/mol. The highest BCUT2D eigenvalue weighted by Crippen LogP contribution is 2.22. The number of hydrogen-bond donors (Lipinski definition) is 2. The van der Waals surface area contributed by atoms with E-state index in [2.05, 4.69) is 31.4 Å². The van der Waals surface area contributed by atoms with Gasteiger partial charge in [0.05, 0.1) is 22.9 Å². The van der Waals surface area contributed by atoms with Gasteiger partial charge in [-0.25, -0.2) is 4.98 Å². The van der Waals surface area contributed by atoms with Crippen molar-refractivity contribution in [1.29, 1.82) is 0 Å². The lowest BCUT2D eigenvalue weighted by Crippen LogP contribution is -2.02. The van der Waals surface area contributed by atoms with Crippen molar-refractivity contribution in [2.24, 2.45) is 0 Å². The maximum absolute atomic E-state index is 5.59. The van der Waals surface area contributed by atoms with Crippen LogP contribution in [-0.4, -0.2) is 10.1 Å². The normalized spacial score (nSPS) is 10.4. The van der Waals surface area contributed by atoms with Crippen LogP contribution in [0.4, 0.5) is 11.5 Å². The van der Waals surface area contributed by atoms with Crippen LogP contribution in [0.25, 0.3) is 0 Å². The summed E-state index contributed by atoms with van der Waals surface area (Å²) in [7, 11) is 0. The number of aryl methyl sites for hydroxylation is 1. The lowest BCUT2D eigenvalue weighted by molar-refractivity contribution is 0.391. The second-order valence-electron chi connectivity index (χ2n) is 3.38. The third-order valence-corrected chi connectivity index (χ3v) is 2.58. The second-order valence-corrected chi connectivity index (χ2v) is 4.24. The predicted octanol–water partition coefficient (Wildman–Crippen LogP) is 2.33. The van der Waals surface area contributed by atoms with E-state index in [9.17, 15) is 0 Å². The Bertz CT molecular complexity index is 497. The van der Waals surface area contributed by atoms with Crippen molar-refractivity contribution in [3.63, 3.8) is 0 Å². The van der Waals surface area contributed by atoms with Gasteiger partial charge in [0.2, 0.25) is 0 Å². The van der Waals surface area contributed by atoms with Crippen molar-refractivity contribution in [2.45, 2.75) is 13.5 Å². The number of halogens is 1. The van der Waals surface area contributed by atoms with Gasteiger partial charge in [0.25, 0.3) is 0 Å². The first-order valence-electron chi connectivity index (χ1n) is 4.72. The Morgan fingerprint density at radius 1 is 1.50 bits per heavy atom. The molecule has 0 fully saturated rings. The Hall–Kier alpha value is -1.56. The Kier molecular flexibility index (Phi) is 3.09. The maximum Gasteiger partial charge on any atom is 0.140 e. The van der Waals surface area contributed by atoms with Gasteiger partial charge in [-0.1, -0.05) is 5.16 Å². The van der Waals surface area contributed by atoms with Crippen LogP contribution in [0.15, 0.2) is 27.3 Å². The van der Waals surface area contributed by atoms with Crippen LogP contribution in [0.1, 0.15) is 11.5 Å². The molecule has 84 valence electrons. The molecule has 3 N–H and O–H groups in total. The van der Waals surface area contributed by atoms with Crippen molar-refractivity contribution in [1.82, 2.24) is 10.1 Å². The van der Waals surface area contributed by atoms with E-state index in [-0.39, 0.29) is 0 Å². The number of aromatic nitrogens is 2. The molecule has 0 saturated heterocycles. The summed E-state index contributed by atoms with van der Waals surface area (Å²) in [6.07, 6.45) is 1.60. The van der Waals surface area contributed by atoms with Gasteiger partial charge in [-0.15, -0.1) is 0 Å².